The Morgan fingerprint density at radius 3 is 2.44 bits per heavy atom. The van der Waals surface area contributed by atoms with E-state index in [4.69, 9.17) is 10.5 Å². The number of ether oxygens (including phenoxy) is 1. The van der Waals surface area contributed by atoms with E-state index in [-0.39, 0.29) is 5.41 Å². The van der Waals surface area contributed by atoms with E-state index >= 15 is 0 Å². The second-order valence-electron chi connectivity index (χ2n) is 4.80. The smallest absolute Gasteiger partial charge is 0.0716 e. The van der Waals surface area contributed by atoms with Gasteiger partial charge in [-0.05, 0) is 36.1 Å². The van der Waals surface area contributed by atoms with Gasteiger partial charge in [0.15, 0.2) is 0 Å². The fraction of sp³-hybridized carbons (Fsp3) is 0.538. The number of halogens is 1. The lowest BCUT2D eigenvalue weighted by Gasteiger charge is -2.21. The van der Waals surface area contributed by atoms with Crippen LogP contribution in [-0.4, -0.2) is 13.2 Å². The van der Waals surface area contributed by atoms with Gasteiger partial charge in [-0.25, -0.2) is 0 Å². The Kier molecular flexibility index (Phi) is 5.46. The molecule has 0 unspecified atom stereocenters. The molecule has 0 saturated carbocycles. The van der Waals surface area contributed by atoms with Crippen LogP contribution in [0.15, 0.2) is 28.7 Å². The third kappa shape index (κ3) is 5.10. The number of rotatable bonds is 6. The lowest BCUT2D eigenvalue weighted by atomic mass is 9.90. The van der Waals surface area contributed by atoms with Crippen LogP contribution in [-0.2, 0) is 11.3 Å². The fourth-order valence-corrected chi connectivity index (χ4v) is 1.49. The van der Waals surface area contributed by atoms with Gasteiger partial charge in [0.2, 0.25) is 0 Å². The monoisotopic (exact) mass is 285 g/mol. The van der Waals surface area contributed by atoms with E-state index in [1.165, 1.54) is 5.56 Å². The predicted octanol–water partition coefficient (Wildman–Crippen LogP) is 3.34. The SMILES string of the molecule is CC(C)(CN)CCOCc1ccc(Br)cc1. The molecule has 0 atom stereocenters. The first kappa shape index (κ1) is 13.7. The van der Waals surface area contributed by atoms with Gasteiger partial charge in [0.05, 0.1) is 6.61 Å². The topological polar surface area (TPSA) is 35.2 Å². The molecule has 1 aromatic carbocycles. The van der Waals surface area contributed by atoms with E-state index in [1.54, 1.807) is 0 Å². The van der Waals surface area contributed by atoms with Gasteiger partial charge in [0.25, 0.3) is 0 Å². The zero-order valence-electron chi connectivity index (χ0n) is 10.0. The molecule has 0 aliphatic heterocycles. The Morgan fingerprint density at radius 1 is 1.25 bits per heavy atom. The first-order chi connectivity index (χ1) is 7.53. The van der Waals surface area contributed by atoms with Gasteiger partial charge in [-0.2, -0.15) is 0 Å². The number of hydrogen-bond acceptors (Lipinski definition) is 2. The summed E-state index contributed by atoms with van der Waals surface area (Å²) in [6.07, 6.45) is 1.00. The molecular formula is C13H20BrNO. The molecule has 16 heavy (non-hydrogen) atoms. The summed E-state index contributed by atoms with van der Waals surface area (Å²) < 4.78 is 6.72. The molecule has 2 nitrogen and oxygen atoms in total. The lowest BCUT2D eigenvalue weighted by Crippen LogP contribution is -2.25. The van der Waals surface area contributed by atoms with Gasteiger partial charge in [-0.1, -0.05) is 41.9 Å². The molecule has 0 aromatic heterocycles. The third-order valence-electron chi connectivity index (χ3n) is 2.66. The Bertz CT molecular complexity index is 308. The van der Waals surface area contributed by atoms with Gasteiger partial charge >= 0.3 is 0 Å². The Labute approximate surface area is 106 Å². The van der Waals surface area contributed by atoms with E-state index in [9.17, 15) is 0 Å². The van der Waals surface area contributed by atoms with Gasteiger partial charge in [0.1, 0.15) is 0 Å². The van der Waals surface area contributed by atoms with Gasteiger partial charge in [-0.3, -0.25) is 0 Å². The summed E-state index contributed by atoms with van der Waals surface area (Å²) in [4.78, 5) is 0. The highest BCUT2D eigenvalue weighted by atomic mass is 79.9. The van der Waals surface area contributed by atoms with E-state index in [0.717, 1.165) is 17.5 Å². The molecule has 0 aliphatic rings. The maximum absolute atomic E-state index is 5.66. The molecule has 0 fully saturated rings. The Balaban J connectivity index is 2.23. The van der Waals surface area contributed by atoms with Crippen LogP contribution in [0.5, 0.6) is 0 Å². The second kappa shape index (κ2) is 6.38. The third-order valence-corrected chi connectivity index (χ3v) is 3.19. The van der Waals surface area contributed by atoms with Crippen LogP contribution >= 0.6 is 15.9 Å². The number of hydrogen-bond donors (Lipinski definition) is 1. The van der Waals surface area contributed by atoms with Crippen molar-refractivity contribution in [1.82, 2.24) is 0 Å². The summed E-state index contributed by atoms with van der Waals surface area (Å²) in [5.74, 6) is 0. The van der Waals surface area contributed by atoms with Crippen LogP contribution in [0.4, 0.5) is 0 Å². The standard InChI is InChI=1S/C13H20BrNO/c1-13(2,10-15)7-8-16-9-11-3-5-12(14)6-4-11/h3-6H,7-10,15H2,1-2H3. The van der Waals surface area contributed by atoms with Crippen molar-refractivity contribution in [3.8, 4) is 0 Å². The normalized spacial score (nSPS) is 11.8. The molecule has 0 radical (unpaired) electrons. The molecule has 3 heteroatoms. The van der Waals surface area contributed by atoms with Crippen molar-refractivity contribution in [2.24, 2.45) is 11.1 Å². The quantitative estimate of drug-likeness (QED) is 0.814. The van der Waals surface area contributed by atoms with Crippen LogP contribution in [0.2, 0.25) is 0 Å². The van der Waals surface area contributed by atoms with Crippen LogP contribution in [0.3, 0.4) is 0 Å². The van der Waals surface area contributed by atoms with E-state index in [0.29, 0.717) is 13.2 Å². The summed E-state index contributed by atoms with van der Waals surface area (Å²) in [7, 11) is 0. The van der Waals surface area contributed by atoms with Gasteiger partial charge in [0, 0.05) is 11.1 Å². The summed E-state index contributed by atoms with van der Waals surface area (Å²) in [5, 5.41) is 0. The summed E-state index contributed by atoms with van der Waals surface area (Å²) >= 11 is 3.41. The maximum atomic E-state index is 5.66. The van der Waals surface area contributed by atoms with Gasteiger partial charge < -0.3 is 10.5 Å². The van der Waals surface area contributed by atoms with Crippen molar-refractivity contribution in [3.63, 3.8) is 0 Å². The zero-order valence-corrected chi connectivity index (χ0v) is 11.6. The minimum absolute atomic E-state index is 0.180. The highest BCUT2D eigenvalue weighted by Crippen LogP contribution is 2.18. The molecule has 1 aromatic rings. The first-order valence-electron chi connectivity index (χ1n) is 5.56. The average molecular weight is 286 g/mol. The molecule has 0 spiro atoms. The van der Waals surface area contributed by atoms with E-state index in [1.807, 2.05) is 12.1 Å². The molecule has 90 valence electrons. The van der Waals surface area contributed by atoms with Crippen molar-refractivity contribution in [1.29, 1.82) is 0 Å². The lowest BCUT2D eigenvalue weighted by molar-refractivity contribution is 0.0939. The van der Waals surface area contributed by atoms with Crippen molar-refractivity contribution >= 4 is 15.9 Å². The maximum Gasteiger partial charge on any atom is 0.0716 e. The van der Waals surface area contributed by atoms with E-state index < -0.39 is 0 Å². The van der Waals surface area contributed by atoms with Crippen molar-refractivity contribution in [2.45, 2.75) is 26.9 Å². The molecule has 0 aliphatic carbocycles. The first-order valence-corrected chi connectivity index (χ1v) is 6.35. The molecule has 0 amide bonds. The molecule has 0 heterocycles. The minimum atomic E-state index is 0.180. The summed E-state index contributed by atoms with van der Waals surface area (Å²) in [6.45, 7) is 6.47. The van der Waals surface area contributed by atoms with Crippen LogP contribution in [0, 0.1) is 5.41 Å². The molecule has 0 bridgehead atoms. The van der Waals surface area contributed by atoms with Crippen LogP contribution in [0.1, 0.15) is 25.8 Å². The summed E-state index contributed by atoms with van der Waals surface area (Å²) in [5.41, 5.74) is 7.04. The predicted molar refractivity (Wildman–Crippen MR) is 71.3 cm³/mol. The van der Waals surface area contributed by atoms with Crippen molar-refractivity contribution in [2.75, 3.05) is 13.2 Å². The number of nitrogens with two attached hydrogens (primary N) is 1. The molecule has 0 saturated heterocycles. The minimum Gasteiger partial charge on any atom is -0.377 e. The molecule has 2 N–H and O–H groups in total. The highest BCUT2D eigenvalue weighted by Gasteiger charge is 2.14. The van der Waals surface area contributed by atoms with Crippen LogP contribution < -0.4 is 5.73 Å². The number of benzene rings is 1. The van der Waals surface area contributed by atoms with Crippen LogP contribution in [0.25, 0.3) is 0 Å². The van der Waals surface area contributed by atoms with Crippen molar-refractivity contribution < 1.29 is 4.74 Å². The zero-order chi connectivity index (χ0) is 12.0. The molecule has 1 rings (SSSR count). The Morgan fingerprint density at radius 2 is 1.88 bits per heavy atom. The average Bonchev–Trinajstić information content (AvgIpc) is 2.27. The molecular weight excluding hydrogens is 266 g/mol. The fourth-order valence-electron chi connectivity index (χ4n) is 1.22. The second-order valence-corrected chi connectivity index (χ2v) is 5.71. The highest BCUT2D eigenvalue weighted by molar-refractivity contribution is 9.10. The Hall–Kier alpha value is -0.380. The van der Waals surface area contributed by atoms with Crippen molar-refractivity contribution in [3.05, 3.63) is 34.3 Å². The van der Waals surface area contributed by atoms with Gasteiger partial charge in [-0.15, -0.1) is 0 Å². The summed E-state index contributed by atoms with van der Waals surface area (Å²) in [6, 6.07) is 8.20. The largest absolute Gasteiger partial charge is 0.377 e. The van der Waals surface area contributed by atoms with E-state index in [2.05, 4.69) is 41.9 Å².